The van der Waals surface area contributed by atoms with Gasteiger partial charge in [-0.25, -0.2) is 8.42 Å². The molecule has 0 saturated heterocycles. The highest BCUT2D eigenvalue weighted by Gasteiger charge is 2.15. The van der Waals surface area contributed by atoms with Crippen LogP contribution >= 0.6 is 0 Å². The molecule has 0 fully saturated rings. The summed E-state index contributed by atoms with van der Waals surface area (Å²) < 4.78 is 27.0. The number of aliphatic hydroxyl groups excluding tert-OH is 1. The van der Waals surface area contributed by atoms with Gasteiger partial charge in [0.25, 0.3) is 15.9 Å². The van der Waals surface area contributed by atoms with Crippen molar-refractivity contribution in [1.29, 1.82) is 0 Å². The van der Waals surface area contributed by atoms with Crippen molar-refractivity contribution >= 4 is 21.6 Å². The van der Waals surface area contributed by atoms with Crippen LogP contribution in [0.4, 0.5) is 5.69 Å². The second-order valence-corrected chi connectivity index (χ2v) is 6.74. The Morgan fingerprint density at radius 3 is 2.26 bits per heavy atom. The van der Waals surface area contributed by atoms with Crippen LogP contribution in [0.3, 0.4) is 0 Å². The van der Waals surface area contributed by atoms with Crippen molar-refractivity contribution in [3.63, 3.8) is 0 Å². The molecule has 0 aliphatic heterocycles. The highest BCUT2D eigenvalue weighted by atomic mass is 32.2. The summed E-state index contributed by atoms with van der Waals surface area (Å²) in [6.07, 6.45) is 0. The molecule has 122 valence electrons. The van der Waals surface area contributed by atoms with Gasteiger partial charge in [0, 0.05) is 17.3 Å². The Labute approximate surface area is 135 Å². The first-order valence-electron chi connectivity index (χ1n) is 7.02. The quantitative estimate of drug-likeness (QED) is 0.748. The predicted molar refractivity (Wildman–Crippen MR) is 87.7 cm³/mol. The first-order valence-corrected chi connectivity index (χ1v) is 8.50. The van der Waals surface area contributed by atoms with E-state index in [0.29, 0.717) is 11.3 Å². The standard InChI is InChI=1S/C16H18N2O4S/c1-12(11-19)17-16(20)13-7-9-15(10-8-13)23(21,22)18-14-5-3-2-4-6-14/h2-10,12,18-19H,11H2,1H3,(H,17,20). The van der Waals surface area contributed by atoms with Crippen molar-refractivity contribution in [3.05, 3.63) is 60.2 Å². The van der Waals surface area contributed by atoms with Gasteiger partial charge in [-0.1, -0.05) is 18.2 Å². The van der Waals surface area contributed by atoms with Crippen molar-refractivity contribution in [2.75, 3.05) is 11.3 Å². The fraction of sp³-hybridized carbons (Fsp3) is 0.188. The number of rotatable bonds is 6. The number of carbonyl (C=O) groups excluding carboxylic acids is 1. The van der Waals surface area contributed by atoms with E-state index in [1.807, 2.05) is 0 Å². The zero-order valence-electron chi connectivity index (χ0n) is 12.6. The number of hydrogen-bond donors (Lipinski definition) is 3. The molecule has 23 heavy (non-hydrogen) atoms. The molecule has 7 heteroatoms. The molecule has 2 rings (SSSR count). The van der Waals surface area contributed by atoms with Crippen LogP contribution in [0.2, 0.25) is 0 Å². The summed E-state index contributed by atoms with van der Waals surface area (Å²) >= 11 is 0. The third kappa shape index (κ3) is 4.54. The number of aliphatic hydroxyl groups is 1. The molecule has 1 unspecified atom stereocenters. The lowest BCUT2D eigenvalue weighted by Crippen LogP contribution is -2.34. The summed E-state index contributed by atoms with van der Waals surface area (Å²) in [5.74, 6) is -0.369. The monoisotopic (exact) mass is 334 g/mol. The molecule has 1 atom stereocenters. The van der Waals surface area contributed by atoms with Crippen LogP contribution < -0.4 is 10.0 Å². The normalized spacial score (nSPS) is 12.4. The second kappa shape index (κ2) is 7.26. The van der Waals surface area contributed by atoms with Gasteiger partial charge in [0.15, 0.2) is 0 Å². The van der Waals surface area contributed by atoms with Crippen molar-refractivity contribution in [1.82, 2.24) is 5.32 Å². The minimum atomic E-state index is -3.71. The molecular weight excluding hydrogens is 316 g/mol. The Morgan fingerprint density at radius 1 is 1.09 bits per heavy atom. The van der Waals surface area contributed by atoms with Gasteiger partial charge in [-0.15, -0.1) is 0 Å². The number of hydrogen-bond acceptors (Lipinski definition) is 4. The maximum atomic E-state index is 12.3. The summed E-state index contributed by atoms with van der Waals surface area (Å²) in [7, 11) is -3.71. The average molecular weight is 334 g/mol. The van der Waals surface area contributed by atoms with Gasteiger partial charge in [-0.3, -0.25) is 9.52 Å². The van der Waals surface area contributed by atoms with E-state index >= 15 is 0 Å². The average Bonchev–Trinajstić information content (AvgIpc) is 2.55. The fourth-order valence-electron chi connectivity index (χ4n) is 1.86. The van der Waals surface area contributed by atoms with Gasteiger partial charge in [0.2, 0.25) is 0 Å². The molecule has 0 saturated carbocycles. The summed E-state index contributed by atoms with van der Waals surface area (Å²) in [6.45, 7) is 1.50. The topological polar surface area (TPSA) is 95.5 Å². The molecule has 0 bridgehead atoms. The smallest absolute Gasteiger partial charge is 0.261 e. The van der Waals surface area contributed by atoms with E-state index in [4.69, 9.17) is 5.11 Å². The van der Waals surface area contributed by atoms with Gasteiger partial charge >= 0.3 is 0 Å². The van der Waals surface area contributed by atoms with Gasteiger partial charge in [-0.2, -0.15) is 0 Å². The molecule has 0 heterocycles. The molecule has 0 aliphatic rings. The zero-order valence-corrected chi connectivity index (χ0v) is 13.4. The molecule has 2 aromatic rings. The molecule has 2 aromatic carbocycles. The van der Waals surface area contributed by atoms with Crippen LogP contribution in [0.5, 0.6) is 0 Å². The van der Waals surface area contributed by atoms with Crippen LogP contribution in [0.1, 0.15) is 17.3 Å². The van der Waals surface area contributed by atoms with E-state index in [2.05, 4.69) is 10.0 Å². The Morgan fingerprint density at radius 2 is 1.70 bits per heavy atom. The number of nitrogens with one attached hydrogen (secondary N) is 2. The number of carbonyl (C=O) groups is 1. The molecule has 0 aromatic heterocycles. The Balaban J connectivity index is 2.14. The molecule has 0 spiro atoms. The highest BCUT2D eigenvalue weighted by Crippen LogP contribution is 2.16. The first kappa shape index (κ1) is 17.0. The van der Waals surface area contributed by atoms with Crippen molar-refractivity contribution in [2.45, 2.75) is 17.9 Å². The number of benzene rings is 2. The van der Waals surface area contributed by atoms with Crippen LogP contribution in [0, 0.1) is 0 Å². The first-order chi connectivity index (χ1) is 10.9. The van der Waals surface area contributed by atoms with E-state index in [0.717, 1.165) is 0 Å². The predicted octanol–water partition coefficient (Wildman–Crippen LogP) is 1.60. The van der Waals surface area contributed by atoms with Crippen LogP contribution in [-0.2, 0) is 10.0 Å². The lowest BCUT2D eigenvalue weighted by molar-refractivity contribution is 0.0922. The second-order valence-electron chi connectivity index (χ2n) is 5.05. The summed E-state index contributed by atoms with van der Waals surface area (Å²) in [4.78, 5) is 11.9. The number of anilines is 1. The Bertz CT molecular complexity index is 758. The minimum absolute atomic E-state index is 0.0631. The third-order valence-corrected chi connectivity index (χ3v) is 4.50. The number of sulfonamides is 1. The molecule has 1 amide bonds. The van der Waals surface area contributed by atoms with Gasteiger partial charge in [0.1, 0.15) is 0 Å². The van der Waals surface area contributed by atoms with Crippen LogP contribution in [-0.4, -0.2) is 32.1 Å². The highest BCUT2D eigenvalue weighted by molar-refractivity contribution is 7.92. The minimum Gasteiger partial charge on any atom is -0.394 e. The van der Waals surface area contributed by atoms with E-state index in [1.54, 1.807) is 37.3 Å². The molecule has 0 aliphatic carbocycles. The van der Waals surface area contributed by atoms with Gasteiger partial charge in [-0.05, 0) is 43.3 Å². The maximum Gasteiger partial charge on any atom is 0.261 e. The lowest BCUT2D eigenvalue weighted by atomic mass is 10.2. The van der Waals surface area contributed by atoms with Gasteiger partial charge in [0.05, 0.1) is 11.5 Å². The van der Waals surface area contributed by atoms with Crippen LogP contribution in [0.15, 0.2) is 59.5 Å². The van der Waals surface area contributed by atoms with E-state index in [1.165, 1.54) is 24.3 Å². The lowest BCUT2D eigenvalue weighted by Gasteiger charge is -2.11. The largest absolute Gasteiger partial charge is 0.394 e. The summed E-state index contributed by atoms with van der Waals surface area (Å²) in [5, 5.41) is 11.5. The SMILES string of the molecule is CC(CO)NC(=O)c1ccc(S(=O)(=O)Nc2ccccc2)cc1. The Kier molecular flexibility index (Phi) is 5.36. The zero-order chi connectivity index (χ0) is 16.9. The summed E-state index contributed by atoms with van der Waals surface area (Å²) in [5.41, 5.74) is 0.787. The fourth-order valence-corrected chi connectivity index (χ4v) is 2.92. The van der Waals surface area contributed by atoms with E-state index in [-0.39, 0.29) is 23.5 Å². The van der Waals surface area contributed by atoms with Crippen molar-refractivity contribution < 1.29 is 18.3 Å². The molecule has 3 N–H and O–H groups in total. The molecular formula is C16H18N2O4S. The van der Waals surface area contributed by atoms with E-state index in [9.17, 15) is 13.2 Å². The van der Waals surface area contributed by atoms with E-state index < -0.39 is 10.0 Å². The van der Waals surface area contributed by atoms with Crippen LogP contribution in [0.25, 0.3) is 0 Å². The molecule has 0 radical (unpaired) electrons. The third-order valence-electron chi connectivity index (χ3n) is 3.10. The van der Waals surface area contributed by atoms with Gasteiger partial charge < -0.3 is 10.4 Å². The Hall–Kier alpha value is -2.38. The number of para-hydroxylation sites is 1. The maximum absolute atomic E-state index is 12.3. The molecule has 6 nitrogen and oxygen atoms in total. The van der Waals surface area contributed by atoms with Crippen molar-refractivity contribution in [3.8, 4) is 0 Å². The number of amides is 1. The summed E-state index contributed by atoms with van der Waals surface area (Å²) in [6, 6.07) is 13.8. The van der Waals surface area contributed by atoms with Crippen molar-refractivity contribution in [2.24, 2.45) is 0 Å².